The van der Waals surface area contributed by atoms with E-state index in [4.69, 9.17) is 4.42 Å². The number of pyridine rings is 1. The van der Waals surface area contributed by atoms with Crippen molar-refractivity contribution < 1.29 is 4.42 Å². The first-order chi connectivity index (χ1) is 15.3. The van der Waals surface area contributed by atoms with Gasteiger partial charge in [-0.2, -0.15) is 0 Å². The van der Waals surface area contributed by atoms with Gasteiger partial charge >= 0.3 is 0 Å². The van der Waals surface area contributed by atoms with E-state index < -0.39 is 0 Å². The van der Waals surface area contributed by atoms with Crippen molar-refractivity contribution in [3.05, 3.63) is 60.6 Å². The molecule has 4 heterocycles. The van der Waals surface area contributed by atoms with E-state index in [0.29, 0.717) is 17.7 Å². The SMILES string of the molecule is c1ccc(-c2nnc(CN3CCCC(CN4CCN(c5ccccn5)CC4)C3)o2)cc1. The van der Waals surface area contributed by atoms with Gasteiger partial charge in [0.1, 0.15) is 5.82 Å². The Labute approximate surface area is 183 Å². The molecule has 0 saturated carbocycles. The van der Waals surface area contributed by atoms with Crippen LogP contribution in [-0.2, 0) is 6.54 Å². The zero-order valence-electron chi connectivity index (χ0n) is 17.9. The largest absolute Gasteiger partial charge is 0.419 e. The van der Waals surface area contributed by atoms with Gasteiger partial charge in [0.15, 0.2) is 0 Å². The van der Waals surface area contributed by atoms with Crippen LogP contribution < -0.4 is 4.90 Å². The second kappa shape index (κ2) is 9.58. The Balaban J connectivity index is 1.11. The van der Waals surface area contributed by atoms with Gasteiger partial charge in [-0.15, -0.1) is 10.2 Å². The highest BCUT2D eigenvalue weighted by Crippen LogP contribution is 2.22. The van der Waals surface area contributed by atoms with E-state index in [0.717, 1.165) is 57.2 Å². The fraction of sp³-hybridized carbons (Fsp3) is 0.458. The Morgan fingerprint density at radius 3 is 2.52 bits per heavy atom. The van der Waals surface area contributed by atoms with E-state index in [1.807, 2.05) is 42.6 Å². The molecule has 7 heteroatoms. The quantitative estimate of drug-likeness (QED) is 0.609. The molecular weight excluding hydrogens is 388 g/mol. The van der Waals surface area contributed by atoms with Crippen molar-refractivity contribution in [3.63, 3.8) is 0 Å². The van der Waals surface area contributed by atoms with Gasteiger partial charge in [-0.1, -0.05) is 24.3 Å². The third-order valence-electron chi connectivity index (χ3n) is 6.31. The van der Waals surface area contributed by atoms with Crippen LogP contribution in [0.2, 0.25) is 0 Å². The molecule has 1 atom stereocenters. The van der Waals surface area contributed by atoms with E-state index >= 15 is 0 Å². The standard InChI is InChI=1S/C24H30N6O/c1-2-8-21(9-3-1)24-27-26-23(31-24)19-29-12-6-7-20(18-29)17-28-13-15-30(16-14-28)22-10-4-5-11-25-22/h1-5,8-11,20H,6-7,12-19H2. The normalized spacial score (nSPS) is 20.8. The third kappa shape index (κ3) is 5.11. The summed E-state index contributed by atoms with van der Waals surface area (Å²) >= 11 is 0. The second-order valence-electron chi connectivity index (χ2n) is 8.59. The highest BCUT2D eigenvalue weighted by atomic mass is 16.4. The van der Waals surface area contributed by atoms with Gasteiger partial charge in [-0.3, -0.25) is 9.80 Å². The number of piperazine rings is 1. The molecule has 0 aliphatic carbocycles. The lowest BCUT2D eigenvalue weighted by Gasteiger charge is -2.39. The Hall–Kier alpha value is -2.77. The van der Waals surface area contributed by atoms with Crippen LogP contribution >= 0.6 is 0 Å². The van der Waals surface area contributed by atoms with Crippen LogP contribution in [0, 0.1) is 5.92 Å². The number of rotatable bonds is 6. The molecule has 31 heavy (non-hydrogen) atoms. The van der Waals surface area contributed by atoms with Crippen molar-refractivity contribution >= 4 is 5.82 Å². The summed E-state index contributed by atoms with van der Waals surface area (Å²) in [6.45, 7) is 8.44. The van der Waals surface area contributed by atoms with Crippen LogP contribution in [0.5, 0.6) is 0 Å². The molecule has 1 unspecified atom stereocenters. The molecule has 0 amide bonds. The van der Waals surface area contributed by atoms with Crippen molar-refractivity contribution in [1.82, 2.24) is 25.0 Å². The molecule has 2 aliphatic rings. The molecule has 2 saturated heterocycles. The number of benzene rings is 1. The zero-order chi connectivity index (χ0) is 20.9. The molecule has 0 radical (unpaired) electrons. The molecule has 162 valence electrons. The molecule has 1 aromatic carbocycles. The number of aromatic nitrogens is 3. The van der Waals surface area contributed by atoms with Gasteiger partial charge in [0.25, 0.3) is 0 Å². The average Bonchev–Trinajstić information content (AvgIpc) is 3.29. The first kappa shape index (κ1) is 20.2. The van der Waals surface area contributed by atoms with Gasteiger partial charge < -0.3 is 9.32 Å². The maximum atomic E-state index is 5.93. The number of nitrogens with zero attached hydrogens (tertiary/aromatic N) is 6. The number of likely N-dealkylation sites (tertiary alicyclic amines) is 1. The smallest absolute Gasteiger partial charge is 0.247 e. The molecule has 0 N–H and O–H groups in total. The summed E-state index contributed by atoms with van der Waals surface area (Å²) in [5.41, 5.74) is 0.975. The second-order valence-corrected chi connectivity index (χ2v) is 8.59. The van der Waals surface area contributed by atoms with Gasteiger partial charge in [0.2, 0.25) is 11.8 Å². The highest BCUT2D eigenvalue weighted by Gasteiger charge is 2.25. The summed E-state index contributed by atoms with van der Waals surface area (Å²) < 4.78 is 5.93. The van der Waals surface area contributed by atoms with Crippen LogP contribution in [0.25, 0.3) is 11.5 Å². The van der Waals surface area contributed by atoms with Crippen molar-refractivity contribution in [2.24, 2.45) is 5.92 Å². The number of anilines is 1. The third-order valence-corrected chi connectivity index (χ3v) is 6.31. The van der Waals surface area contributed by atoms with E-state index in [1.165, 1.54) is 19.4 Å². The van der Waals surface area contributed by atoms with Crippen molar-refractivity contribution in [1.29, 1.82) is 0 Å². The molecule has 2 aliphatic heterocycles. The van der Waals surface area contributed by atoms with E-state index in [-0.39, 0.29) is 0 Å². The molecular formula is C24H30N6O. The van der Waals surface area contributed by atoms with Gasteiger partial charge in [0, 0.05) is 51.0 Å². The van der Waals surface area contributed by atoms with Crippen LogP contribution in [0.15, 0.2) is 59.1 Å². The van der Waals surface area contributed by atoms with E-state index in [2.05, 4.69) is 42.0 Å². The summed E-state index contributed by atoms with van der Waals surface area (Å²) in [4.78, 5) is 12.0. The van der Waals surface area contributed by atoms with Gasteiger partial charge in [0.05, 0.1) is 6.54 Å². The summed E-state index contributed by atoms with van der Waals surface area (Å²) in [7, 11) is 0. The number of hydrogen-bond donors (Lipinski definition) is 0. The minimum atomic E-state index is 0.606. The van der Waals surface area contributed by atoms with Gasteiger partial charge in [-0.05, 0) is 49.6 Å². The molecule has 0 spiro atoms. The molecule has 3 aromatic rings. The van der Waals surface area contributed by atoms with Crippen LogP contribution in [0.3, 0.4) is 0 Å². The highest BCUT2D eigenvalue weighted by molar-refractivity contribution is 5.51. The van der Waals surface area contributed by atoms with Crippen molar-refractivity contribution in [3.8, 4) is 11.5 Å². The van der Waals surface area contributed by atoms with Crippen LogP contribution in [-0.4, -0.2) is 70.8 Å². The summed E-state index contributed by atoms with van der Waals surface area (Å²) in [5.74, 6) is 3.12. The minimum absolute atomic E-state index is 0.606. The Morgan fingerprint density at radius 2 is 1.71 bits per heavy atom. The molecule has 7 nitrogen and oxygen atoms in total. The average molecular weight is 419 g/mol. The Bertz CT molecular complexity index is 939. The lowest BCUT2D eigenvalue weighted by molar-refractivity contribution is 0.118. The Kier molecular flexibility index (Phi) is 6.22. The fourth-order valence-electron chi connectivity index (χ4n) is 4.72. The maximum absolute atomic E-state index is 5.93. The molecule has 5 rings (SSSR count). The number of hydrogen-bond acceptors (Lipinski definition) is 7. The van der Waals surface area contributed by atoms with E-state index in [9.17, 15) is 0 Å². The van der Waals surface area contributed by atoms with Crippen LogP contribution in [0.1, 0.15) is 18.7 Å². The first-order valence-electron chi connectivity index (χ1n) is 11.3. The summed E-state index contributed by atoms with van der Waals surface area (Å²) in [6.07, 6.45) is 4.42. The van der Waals surface area contributed by atoms with Gasteiger partial charge in [-0.25, -0.2) is 4.98 Å². The van der Waals surface area contributed by atoms with Crippen molar-refractivity contribution in [2.45, 2.75) is 19.4 Å². The molecule has 2 aromatic heterocycles. The lowest BCUT2D eigenvalue weighted by atomic mass is 9.97. The van der Waals surface area contributed by atoms with Crippen molar-refractivity contribution in [2.75, 3.05) is 50.7 Å². The first-order valence-corrected chi connectivity index (χ1v) is 11.3. The fourth-order valence-corrected chi connectivity index (χ4v) is 4.72. The predicted octanol–water partition coefficient (Wildman–Crippen LogP) is 3.17. The minimum Gasteiger partial charge on any atom is -0.419 e. The summed E-state index contributed by atoms with van der Waals surface area (Å²) in [6, 6.07) is 16.1. The van der Waals surface area contributed by atoms with Crippen LogP contribution in [0.4, 0.5) is 5.82 Å². The maximum Gasteiger partial charge on any atom is 0.247 e. The lowest BCUT2D eigenvalue weighted by Crippen LogP contribution is -2.49. The predicted molar refractivity (Wildman–Crippen MR) is 121 cm³/mol. The topological polar surface area (TPSA) is 61.5 Å². The van der Waals surface area contributed by atoms with E-state index in [1.54, 1.807) is 0 Å². The number of piperidine rings is 1. The monoisotopic (exact) mass is 418 g/mol. The summed E-state index contributed by atoms with van der Waals surface area (Å²) in [5, 5.41) is 8.52. The Morgan fingerprint density at radius 1 is 0.871 bits per heavy atom. The molecule has 2 fully saturated rings. The zero-order valence-corrected chi connectivity index (χ0v) is 17.9. The molecule has 0 bridgehead atoms.